The first-order valence-corrected chi connectivity index (χ1v) is 3.50. The van der Waals surface area contributed by atoms with E-state index >= 15 is 0 Å². The molecule has 1 heterocycles. The van der Waals surface area contributed by atoms with Crippen LogP contribution in [0.3, 0.4) is 0 Å². The molecule has 1 aliphatic heterocycles. The Bertz CT molecular complexity index is 125. The molecule has 0 aromatic rings. The van der Waals surface area contributed by atoms with Crippen LogP contribution in [-0.4, -0.2) is 6.54 Å². The second-order valence-corrected chi connectivity index (χ2v) is 2.29. The molecule has 0 bridgehead atoms. The van der Waals surface area contributed by atoms with Crippen LogP contribution in [0.1, 0.15) is 19.3 Å². The highest BCUT2D eigenvalue weighted by molar-refractivity contribution is 5.14. The third-order valence-corrected chi connectivity index (χ3v) is 1.54. The SMILES string of the molecule is C=CC1=CCCCCN1. The standard InChI is InChI=1S/C8H13N/c1-2-8-6-4-3-5-7-9-8/h2,6,9H,1,3-5,7H2. The molecule has 0 aliphatic carbocycles. The van der Waals surface area contributed by atoms with E-state index < -0.39 is 0 Å². The minimum Gasteiger partial charge on any atom is -0.385 e. The zero-order valence-electron chi connectivity index (χ0n) is 5.69. The van der Waals surface area contributed by atoms with Crippen molar-refractivity contribution in [1.82, 2.24) is 5.32 Å². The van der Waals surface area contributed by atoms with Gasteiger partial charge in [-0.15, -0.1) is 0 Å². The second kappa shape index (κ2) is 3.33. The first-order valence-electron chi connectivity index (χ1n) is 3.50. The fourth-order valence-electron chi connectivity index (χ4n) is 0.987. The normalized spacial score (nSPS) is 19.3. The Kier molecular flexibility index (Phi) is 2.37. The summed E-state index contributed by atoms with van der Waals surface area (Å²) in [6, 6.07) is 0. The van der Waals surface area contributed by atoms with Crippen molar-refractivity contribution in [2.24, 2.45) is 0 Å². The lowest BCUT2D eigenvalue weighted by Crippen LogP contribution is -2.10. The molecule has 1 rings (SSSR count). The third-order valence-electron chi connectivity index (χ3n) is 1.54. The topological polar surface area (TPSA) is 12.0 Å². The molecule has 9 heavy (non-hydrogen) atoms. The lowest BCUT2D eigenvalue weighted by atomic mass is 10.2. The Labute approximate surface area is 56.5 Å². The molecule has 0 atom stereocenters. The Hall–Kier alpha value is -0.720. The van der Waals surface area contributed by atoms with Crippen LogP contribution >= 0.6 is 0 Å². The number of hydrogen-bond acceptors (Lipinski definition) is 1. The van der Waals surface area contributed by atoms with Crippen LogP contribution in [-0.2, 0) is 0 Å². The van der Waals surface area contributed by atoms with E-state index in [0.29, 0.717) is 0 Å². The van der Waals surface area contributed by atoms with Crippen LogP contribution < -0.4 is 5.32 Å². The molecule has 0 saturated carbocycles. The highest BCUT2D eigenvalue weighted by Gasteiger charge is 1.95. The van der Waals surface area contributed by atoms with Gasteiger partial charge in [0, 0.05) is 12.2 Å². The van der Waals surface area contributed by atoms with Crippen molar-refractivity contribution < 1.29 is 0 Å². The van der Waals surface area contributed by atoms with Gasteiger partial charge < -0.3 is 5.32 Å². The molecular weight excluding hydrogens is 110 g/mol. The van der Waals surface area contributed by atoms with E-state index in [2.05, 4.69) is 18.0 Å². The van der Waals surface area contributed by atoms with Crippen LogP contribution in [0.2, 0.25) is 0 Å². The van der Waals surface area contributed by atoms with Gasteiger partial charge in [-0.05, 0) is 25.3 Å². The fraction of sp³-hybridized carbons (Fsp3) is 0.500. The molecule has 0 radical (unpaired) electrons. The summed E-state index contributed by atoms with van der Waals surface area (Å²) in [6.45, 7) is 4.80. The Morgan fingerprint density at radius 1 is 1.56 bits per heavy atom. The summed E-state index contributed by atoms with van der Waals surface area (Å²) < 4.78 is 0. The Balaban J connectivity index is 2.46. The average Bonchev–Trinajstić information content (AvgIpc) is 2.13. The van der Waals surface area contributed by atoms with Crippen LogP contribution in [0.5, 0.6) is 0 Å². The predicted molar refractivity (Wildman–Crippen MR) is 40.1 cm³/mol. The molecule has 50 valence electrons. The van der Waals surface area contributed by atoms with E-state index in [1.165, 1.54) is 25.0 Å². The first kappa shape index (κ1) is 6.40. The first-order chi connectivity index (χ1) is 4.43. The van der Waals surface area contributed by atoms with Crippen molar-refractivity contribution in [1.29, 1.82) is 0 Å². The molecule has 0 fully saturated rings. The van der Waals surface area contributed by atoms with Crippen molar-refractivity contribution >= 4 is 0 Å². The number of rotatable bonds is 1. The second-order valence-electron chi connectivity index (χ2n) is 2.29. The quantitative estimate of drug-likeness (QED) is 0.561. The molecule has 1 heteroatoms. The minimum atomic E-state index is 1.11. The van der Waals surface area contributed by atoms with Crippen LogP contribution in [0.4, 0.5) is 0 Å². The lowest BCUT2D eigenvalue weighted by molar-refractivity contribution is 0.723. The van der Waals surface area contributed by atoms with E-state index in [1.807, 2.05) is 6.08 Å². The van der Waals surface area contributed by atoms with Gasteiger partial charge in [-0.3, -0.25) is 0 Å². The van der Waals surface area contributed by atoms with Crippen LogP contribution in [0, 0.1) is 0 Å². The van der Waals surface area contributed by atoms with E-state index in [9.17, 15) is 0 Å². The van der Waals surface area contributed by atoms with Gasteiger partial charge in [0.05, 0.1) is 0 Å². The maximum absolute atomic E-state index is 3.70. The molecular formula is C8H13N. The van der Waals surface area contributed by atoms with Crippen molar-refractivity contribution in [2.45, 2.75) is 19.3 Å². The minimum absolute atomic E-state index is 1.11. The van der Waals surface area contributed by atoms with Gasteiger partial charge in [-0.25, -0.2) is 0 Å². The van der Waals surface area contributed by atoms with Crippen LogP contribution in [0.15, 0.2) is 24.4 Å². The summed E-state index contributed by atoms with van der Waals surface area (Å²) in [5.74, 6) is 0. The number of nitrogens with one attached hydrogen (secondary N) is 1. The number of hydrogen-bond donors (Lipinski definition) is 1. The molecule has 1 aliphatic rings. The van der Waals surface area contributed by atoms with Crippen molar-refractivity contribution in [2.75, 3.05) is 6.54 Å². The van der Waals surface area contributed by atoms with Gasteiger partial charge in [0.15, 0.2) is 0 Å². The smallest absolute Gasteiger partial charge is 0.0293 e. The van der Waals surface area contributed by atoms with E-state index in [0.717, 1.165) is 6.54 Å². The summed E-state index contributed by atoms with van der Waals surface area (Å²) in [5, 5.41) is 3.27. The zero-order chi connectivity index (χ0) is 6.53. The molecule has 0 aromatic carbocycles. The number of allylic oxidation sites excluding steroid dienone is 2. The fourth-order valence-corrected chi connectivity index (χ4v) is 0.987. The van der Waals surface area contributed by atoms with Crippen molar-refractivity contribution in [3.63, 3.8) is 0 Å². The average molecular weight is 123 g/mol. The monoisotopic (exact) mass is 123 g/mol. The van der Waals surface area contributed by atoms with Crippen molar-refractivity contribution in [3.05, 3.63) is 24.4 Å². The highest BCUT2D eigenvalue weighted by atomic mass is 14.9. The molecule has 1 N–H and O–H groups in total. The summed E-state index contributed by atoms with van der Waals surface area (Å²) in [7, 11) is 0. The van der Waals surface area contributed by atoms with E-state index in [1.54, 1.807) is 0 Å². The van der Waals surface area contributed by atoms with Gasteiger partial charge in [0.2, 0.25) is 0 Å². The van der Waals surface area contributed by atoms with E-state index in [-0.39, 0.29) is 0 Å². The summed E-state index contributed by atoms with van der Waals surface area (Å²) in [5.41, 5.74) is 1.20. The molecule has 0 unspecified atom stereocenters. The molecule has 0 saturated heterocycles. The third kappa shape index (κ3) is 1.92. The van der Waals surface area contributed by atoms with Crippen LogP contribution in [0.25, 0.3) is 0 Å². The zero-order valence-corrected chi connectivity index (χ0v) is 5.69. The highest BCUT2D eigenvalue weighted by Crippen LogP contribution is 2.04. The lowest BCUT2D eigenvalue weighted by Gasteiger charge is -2.00. The molecule has 0 aromatic heterocycles. The Morgan fingerprint density at radius 3 is 3.22 bits per heavy atom. The molecule has 0 amide bonds. The van der Waals surface area contributed by atoms with E-state index in [4.69, 9.17) is 0 Å². The summed E-state index contributed by atoms with van der Waals surface area (Å²) in [4.78, 5) is 0. The largest absolute Gasteiger partial charge is 0.385 e. The Morgan fingerprint density at radius 2 is 2.44 bits per heavy atom. The maximum atomic E-state index is 3.70. The van der Waals surface area contributed by atoms with Gasteiger partial charge in [-0.1, -0.05) is 12.7 Å². The van der Waals surface area contributed by atoms with Crippen molar-refractivity contribution in [3.8, 4) is 0 Å². The van der Waals surface area contributed by atoms with Gasteiger partial charge in [0.1, 0.15) is 0 Å². The summed E-state index contributed by atoms with van der Waals surface area (Å²) >= 11 is 0. The molecule has 0 spiro atoms. The van der Waals surface area contributed by atoms with Gasteiger partial charge >= 0.3 is 0 Å². The van der Waals surface area contributed by atoms with Gasteiger partial charge in [-0.2, -0.15) is 0 Å². The summed E-state index contributed by atoms with van der Waals surface area (Å²) in [6.07, 6.45) is 7.89. The van der Waals surface area contributed by atoms with Gasteiger partial charge in [0.25, 0.3) is 0 Å². The maximum Gasteiger partial charge on any atom is 0.0293 e. The molecule has 1 nitrogen and oxygen atoms in total. The predicted octanol–water partition coefficient (Wildman–Crippen LogP) is 1.83.